The van der Waals surface area contributed by atoms with Crippen molar-refractivity contribution >= 4 is 43.6 Å². The molecule has 17 rings (SSSR count). The van der Waals surface area contributed by atoms with Crippen molar-refractivity contribution in [2.75, 3.05) is 0 Å². The molecule has 0 atom stereocenters. The summed E-state index contributed by atoms with van der Waals surface area (Å²) in [6.45, 7) is 39.9. The van der Waals surface area contributed by atoms with Gasteiger partial charge in [-0.25, -0.2) is 9.97 Å². The topological polar surface area (TPSA) is 61.4 Å². The molecule has 0 radical (unpaired) electrons. The van der Waals surface area contributed by atoms with Crippen LogP contribution in [-0.2, 0) is 44.3 Å². The van der Waals surface area contributed by atoms with Gasteiger partial charge in [-0.3, -0.25) is 19.1 Å². The molecular weight excluding hydrogens is 1510 g/mol. The fourth-order valence-electron chi connectivity index (χ4n) is 15.5. The molecule has 640 valence electrons. The maximum atomic E-state index is 7.89. The Morgan fingerprint density at radius 3 is 0.984 bits per heavy atom. The van der Waals surface area contributed by atoms with Gasteiger partial charge in [-0.15, -0.1) is 0 Å². The minimum absolute atomic E-state index is 0.0695. The smallest absolute Gasteiger partial charge is 0.137 e. The van der Waals surface area contributed by atoms with Crippen molar-refractivity contribution in [1.82, 2.24) is 29.1 Å². The summed E-state index contributed by atoms with van der Waals surface area (Å²) in [4.78, 5) is 18.7. The molecule has 17 aromatic rings. The highest BCUT2D eigenvalue weighted by Crippen LogP contribution is 2.40. The second-order valence-electron chi connectivity index (χ2n) is 39.0. The first-order valence-electron chi connectivity index (χ1n) is 49.0. The predicted molar refractivity (Wildman–Crippen MR) is 541 cm³/mol. The number of aromatic nitrogens is 6. The van der Waals surface area contributed by atoms with E-state index >= 15 is 0 Å². The minimum Gasteiger partial charge on any atom is -0.294 e. The van der Waals surface area contributed by atoms with Gasteiger partial charge in [0.05, 0.1) is 39.1 Å². The molecule has 0 aliphatic rings. The number of hydrogen-bond donors (Lipinski definition) is 0. The number of aryl methyl sites for hydroxylation is 4. The zero-order chi connectivity index (χ0) is 99.5. The molecule has 0 spiro atoms. The van der Waals surface area contributed by atoms with Gasteiger partial charge in [-0.05, 0) is 182 Å². The summed E-state index contributed by atoms with van der Waals surface area (Å²) in [5.41, 5.74) is 22.4. The zero-order valence-electron chi connectivity index (χ0n) is 88.6. The highest BCUT2D eigenvalue weighted by Gasteiger charge is 2.27. The fourth-order valence-corrected chi connectivity index (χ4v) is 15.5. The summed E-state index contributed by atoms with van der Waals surface area (Å²) in [5.74, 6) is 1.71. The Morgan fingerprint density at radius 2 is 0.592 bits per heavy atom. The quantitative estimate of drug-likeness (QED) is 0.160. The summed E-state index contributed by atoms with van der Waals surface area (Å²) in [5, 5.41) is 4.84. The zero-order valence-corrected chi connectivity index (χ0v) is 77.6. The fraction of sp³-hybridized carbons (Fsp3) is 0.277. The van der Waals surface area contributed by atoms with Gasteiger partial charge in [0.25, 0.3) is 0 Å². The Morgan fingerprint density at radius 1 is 0.256 bits per heavy atom. The molecular formula is C119H134N6. The highest BCUT2D eigenvalue weighted by atomic mass is 15.1. The lowest BCUT2D eigenvalue weighted by atomic mass is 9.82. The largest absolute Gasteiger partial charge is 0.294 e. The van der Waals surface area contributed by atoms with Gasteiger partial charge in [-0.1, -0.05) is 425 Å². The first-order valence-corrected chi connectivity index (χ1v) is 43.5. The predicted octanol–water partition coefficient (Wildman–Crippen LogP) is 32.8. The van der Waals surface area contributed by atoms with Crippen LogP contribution >= 0.6 is 0 Å². The number of rotatable bonds is 7. The number of hydrogen-bond acceptors (Lipinski definition) is 4. The van der Waals surface area contributed by atoms with E-state index in [4.69, 9.17) is 25.0 Å². The third-order valence-corrected chi connectivity index (χ3v) is 21.9. The maximum absolute atomic E-state index is 7.89. The summed E-state index contributed by atoms with van der Waals surface area (Å²) in [7, 11) is 0. The summed E-state index contributed by atoms with van der Waals surface area (Å²) in [6, 6.07) is 112. The van der Waals surface area contributed by atoms with E-state index in [-0.39, 0.29) is 37.9 Å². The van der Waals surface area contributed by atoms with Gasteiger partial charge in [-0.2, -0.15) is 0 Å². The van der Waals surface area contributed by atoms with E-state index in [1.54, 1.807) is 37.3 Å². The van der Waals surface area contributed by atoms with Crippen LogP contribution in [0, 0.1) is 20.6 Å². The molecule has 0 unspecified atom stereocenters. The van der Waals surface area contributed by atoms with E-state index < -0.39 is 26.9 Å². The molecule has 0 saturated heterocycles. The summed E-state index contributed by atoms with van der Waals surface area (Å²) in [6.07, 6.45) is 2.25. The number of para-hydroxylation sites is 4. The van der Waals surface area contributed by atoms with Crippen LogP contribution in [0.4, 0.5) is 0 Å². The molecule has 6 heterocycles. The third kappa shape index (κ3) is 23.8. The minimum atomic E-state index is -2.19. The number of benzene rings is 11. The lowest BCUT2D eigenvalue weighted by Crippen LogP contribution is -2.16. The van der Waals surface area contributed by atoms with Crippen LogP contribution in [-0.4, -0.2) is 29.1 Å². The lowest BCUT2D eigenvalue weighted by molar-refractivity contribution is 0.563. The normalized spacial score (nSPS) is 13.5. The Bertz CT molecular complexity index is 6700. The average Bonchev–Trinajstić information content (AvgIpc) is 1.58. The van der Waals surface area contributed by atoms with Crippen LogP contribution in [0.25, 0.3) is 99.8 Å². The van der Waals surface area contributed by atoms with Gasteiger partial charge in [0.1, 0.15) is 11.6 Å². The van der Waals surface area contributed by atoms with Crippen LogP contribution < -0.4 is 0 Å². The average molecular weight is 1660 g/mol. The first-order chi connectivity index (χ1) is 63.5. The van der Waals surface area contributed by atoms with Crippen molar-refractivity contribution in [3.8, 4) is 56.1 Å². The summed E-state index contributed by atoms with van der Waals surface area (Å²) < 4.78 is 89.2. The SMILES string of the molecule is CC(C)(C)c1ccccc1-c1ccccc1.CC(C)(C)c1ccncc1.CC(C)(C)c1nc(-n2c3ccccc3c3ccccc32)ccc1-c1ccccc1.[2H]C([2H])(C)c1ccc(-c2ccccc2)c(C(C)(C)C)n1.[2H]C([2H])([2H])c1ccc(-c2ccccc2)cc1C(C)(C)C.[2H]C([2H])([2H])c1ccc(-n2c3ccccc3c3ccccc32)nc1C(C)(C)C.[2H]C([2H])([2H])c1ccccc1C(C)(C)C. The van der Waals surface area contributed by atoms with E-state index in [0.717, 1.165) is 78.2 Å². The van der Waals surface area contributed by atoms with Gasteiger partial charge in [0, 0.05) is 82.1 Å². The molecule has 6 aromatic heterocycles. The Hall–Kier alpha value is -12.4. The number of nitrogens with zero attached hydrogens (tertiary/aromatic N) is 6. The van der Waals surface area contributed by atoms with Crippen LogP contribution in [0.2, 0.25) is 0 Å². The Labute approximate surface area is 764 Å². The molecule has 125 heavy (non-hydrogen) atoms. The van der Waals surface area contributed by atoms with Crippen molar-refractivity contribution in [1.29, 1.82) is 0 Å². The molecule has 0 amide bonds. The van der Waals surface area contributed by atoms with Crippen LogP contribution in [0.1, 0.15) is 229 Å². The monoisotopic (exact) mass is 1660 g/mol. The molecule has 6 nitrogen and oxygen atoms in total. The second-order valence-corrected chi connectivity index (χ2v) is 39.0. The molecule has 0 saturated carbocycles. The number of fused-ring (bicyclic) bond motifs is 6. The van der Waals surface area contributed by atoms with Crippen molar-refractivity contribution in [2.45, 2.75) is 217 Å². The van der Waals surface area contributed by atoms with E-state index in [9.17, 15) is 0 Å². The molecule has 11 aromatic carbocycles. The van der Waals surface area contributed by atoms with E-state index in [0.29, 0.717) is 28.1 Å². The highest BCUT2D eigenvalue weighted by molar-refractivity contribution is 6.10. The van der Waals surface area contributed by atoms with Gasteiger partial charge >= 0.3 is 0 Å². The lowest BCUT2D eigenvalue weighted by Gasteiger charge is -2.23. The van der Waals surface area contributed by atoms with Crippen LogP contribution in [0.3, 0.4) is 0 Å². The van der Waals surface area contributed by atoms with Crippen molar-refractivity contribution in [3.63, 3.8) is 0 Å². The van der Waals surface area contributed by atoms with Crippen molar-refractivity contribution in [3.05, 3.63) is 408 Å². The second kappa shape index (κ2) is 40.1. The third-order valence-electron chi connectivity index (χ3n) is 21.9. The van der Waals surface area contributed by atoms with Crippen LogP contribution in [0.5, 0.6) is 0 Å². The molecule has 0 N–H and O–H groups in total. The Balaban J connectivity index is 0.000000156. The van der Waals surface area contributed by atoms with Gasteiger partial charge in [0.15, 0.2) is 0 Å². The first kappa shape index (κ1) is 78.6. The number of pyridine rings is 4. The van der Waals surface area contributed by atoms with Crippen molar-refractivity contribution < 1.29 is 15.1 Å². The molecule has 0 fully saturated rings. The standard InChI is InChI=1S/C27H24N2.C22H22N2.C17H21N.C17H20.C16H18.C11H16.C9H13N/c1-27(2,3)26-20(19-11-5-4-6-12-19)17-18-25(28-26)29-23-15-9-7-13-21(23)22-14-8-10-16-24(22)29;1-15-13-14-20(23-21(15)22(2,3)4)24-18-11-7-5-9-16(18)17-10-6-8-12-19(17)24;1-5-14-11-12-15(13-9-7-6-8-10-13)16(18-14)17(2,3)4;1-13-10-11-15(12-16(13)17(2,3)4)14-8-6-5-7-9-14;1-16(2,3)15-12-8-7-11-14(15)13-9-5-4-6-10-13;1-9-7-5-6-8-10(9)11(2,3)4;1-9(2,3)8-4-6-10-7-5-8/h4-18H,1-3H3;5-14H,1-4H3;6-12H,5H2,1-4H3;5-12H,1-4H3;4-12H,1-3H3;5-8H,1-4H3;4-7H,1-3H3/i;1D3;5D2;1D3;;1D3;. The van der Waals surface area contributed by atoms with E-state index in [2.05, 4.69) is 296 Å². The van der Waals surface area contributed by atoms with Crippen molar-refractivity contribution in [2.24, 2.45) is 0 Å². The molecule has 6 heteroatoms. The van der Waals surface area contributed by atoms with E-state index in [1.165, 1.54) is 55.2 Å². The van der Waals surface area contributed by atoms with Gasteiger partial charge in [0.2, 0.25) is 0 Å². The van der Waals surface area contributed by atoms with E-state index in [1.807, 2.05) is 184 Å². The van der Waals surface area contributed by atoms with Gasteiger partial charge < -0.3 is 0 Å². The molecule has 0 aliphatic carbocycles. The summed E-state index contributed by atoms with van der Waals surface area (Å²) >= 11 is 0. The molecule has 0 aliphatic heterocycles. The molecule has 0 bridgehead atoms. The Kier molecular flexibility index (Phi) is 25.2. The van der Waals surface area contributed by atoms with Crippen LogP contribution in [0.15, 0.2) is 346 Å². The maximum Gasteiger partial charge on any atom is 0.137 e.